The number of esters is 1. The van der Waals surface area contributed by atoms with Gasteiger partial charge in [0.2, 0.25) is 0 Å². The smallest absolute Gasteiger partial charge is 0.328 e. The van der Waals surface area contributed by atoms with Gasteiger partial charge < -0.3 is 9.64 Å². The number of carbonyl (C=O) groups is 2. The van der Waals surface area contributed by atoms with Crippen molar-refractivity contribution >= 4 is 39.4 Å². The van der Waals surface area contributed by atoms with E-state index in [1.54, 1.807) is 30.0 Å². The Balaban J connectivity index is 2.21. The third-order valence-electron chi connectivity index (χ3n) is 3.23. The highest BCUT2D eigenvalue weighted by Crippen LogP contribution is 2.26. The molecule has 1 aliphatic rings. The van der Waals surface area contributed by atoms with E-state index < -0.39 is 6.04 Å². The summed E-state index contributed by atoms with van der Waals surface area (Å²) in [5, 5.41) is 0.374. The van der Waals surface area contributed by atoms with E-state index in [0.29, 0.717) is 30.2 Å². The summed E-state index contributed by atoms with van der Waals surface area (Å²) in [6, 6.07) is 4.59. The minimum Gasteiger partial charge on any atom is -0.464 e. The second kappa shape index (κ2) is 6.59. The van der Waals surface area contributed by atoms with Gasteiger partial charge in [0.05, 0.1) is 17.2 Å². The molecular weight excluding hydrogens is 346 g/mol. The van der Waals surface area contributed by atoms with Gasteiger partial charge in [0.1, 0.15) is 6.04 Å². The molecule has 20 heavy (non-hydrogen) atoms. The van der Waals surface area contributed by atoms with E-state index in [0.717, 1.165) is 10.9 Å². The Kier molecular flexibility index (Phi) is 5.05. The van der Waals surface area contributed by atoms with Crippen LogP contribution in [0.15, 0.2) is 22.7 Å². The fourth-order valence-electron chi connectivity index (χ4n) is 2.31. The second-order valence-electron chi connectivity index (χ2n) is 4.53. The topological polar surface area (TPSA) is 46.6 Å². The van der Waals surface area contributed by atoms with Gasteiger partial charge in [-0.2, -0.15) is 0 Å². The average Bonchev–Trinajstić information content (AvgIpc) is 2.87. The Morgan fingerprint density at radius 1 is 1.50 bits per heavy atom. The van der Waals surface area contributed by atoms with E-state index in [4.69, 9.17) is 16.3 Å². The van der Waals surface area contributed by atoms with Gasteiger partial charge in [0.25, 0.3) is 5.91 Å². The van der Waals surface area contributed by atoms with Crippen LogP contribution in [0.25, 0.3) is 0 Å². The zero-order chi connectivity index (χ0) is 14.7. The van der Waals surface area contributed by atoms with E-state index in [1.807, 2.05) is 0 Å². The van der Waals surface area contributed by atoms with Crippen LogP contribution in [0.1, 0.15) is 30.1 Å². The summed E-state index contributed by atoms with van der Waals surface area (Å²) in [5.41, 5.74) is 0.408. The SMILES string of the molecule is CCOC(=O)C1CCCN1C(=O)c1ccc(Br)cc1Cl. The molecule has 6 heteroatoms. The van der Waals surface area contributed by atoms with Crippen LogP contribution in [0.4, 0.5) is 0 Å². The number of hydrogen-bond acceptors (Lipinski definition) is 3. The zero-order valence-corrected chi connectivity index (χ0v) is 13.4. The minimum absolute atomic E-state index is 0.224. The normalized spacial score (nSPS) is 18.1. The number of halogens is 2. The van der Waals surface area contributed by atoms with Crippen molar-refractivity contribution in [1.29, 1.82) is 0 Å². The molecule has 0 bridgehead atoms. The zero-order valence-electron chi connectivity index (χ0n) is 11.1. The average molecular weight is 361 g/mol. The van der Waals surface area contributed by atoms with Crippen molar-refractivity contribution in [2.45, 2.75) is 25.8 Å². The van der Waals surface area contributed by atoms with Crippen LogP contribution >= 0.6 is 27.5 Å². The largest absolute Gasteiger partial charge is 0.464 e. The highest BCUT2D eigenvalue weighted by Gasteiger charge is 2.36. The lowest BCUT2D eigenvalue weighted by molar-refractivity contribution is -0.147. The van der Waals surface area contributed by atoms with Crippen molar-refractivity contribution in [1.82, 2.24) is 4.90 Å². The predicted octanol–water partition coefficient (Wildman–Crippen LogP) is 3.27. The van der Waals surface area contributed by atoms with Gasteiger partial charge in [-0.15, -0.1) is 0 Å². The van der Waals surface area contributed by atoms with Crippen LogP contribution in [-0.2, 0) is 9.53 Å². The van der Waals surface area contributed by atoms with E-state index in [-0.39, 0.29) is 11.9 Å². The number of hydrogen-bond donors (Lipinski definition) is 0. The lowest BCUT2D eigenvalue weighted by atomic mass is 10.1. The molecule has 0 aliphatic carbocycles. The van der Waals surface area contributed by atoms with Crippen molar-refractivity contribution in [3.8, 4) is 0 Å². The first-order valence-corrected chi connectivity index (χ1v) is 7.64. The van der Waals surface area contributed by atoms with Crippen LogP contribution in [0.2, 0.25) is 5.02 Å². The molecule has 1 amide bonds. The summed E-state index contributed by atoms with van der Waals surface area (Å²) >= 11 is 9.40. The molecule has 1 fully saturated rings. The summed E-state index contributed by atoms with van der Waals surface area (Å²) in [6.07, 6.45) is 1.43. The van der Waals surface area contributed by atoms with Crippen LogP contribution in [0.3, 0.4) is 0 Å². The molecule has 2 rings (SSSR count). The molecule has 1 aromatic rings. The maximum Gasteiger partial charge on any atom is 0.328 e. The number of rotatable bonds is 3. The fourth-order valence-corrected chi connectivity index (χ4v) is 3.07. The summed E-state index contributed by atoms with van der Waals surface area (Å²) < 4.78 is 5.83. The van der Waals surface area contributed by atoms with E-state index >= 15 is 0 Å². The Morgan fingerprint density at radius 2 is 2.25 bits per heavy atom. The van der Waals surface area contributed by atoms with Gasteiger partial charge in [-0.25, -0.2) is 4.79 Å². The number of nitrogens with zero attached hydrogens (tertiary/aromatic N) is 1. The highest BCUT2D eigenvalue weighted by atomic mass is 79.9. The van der Waals surface area contributed by atoms with E-state index in [2.05, 4.69) is 15.9 Å². The molecule has 0 aromatic heterocycles. The van der Waals surface area contributed by atoms with Crippen molar-refractivity contribution in [3.63, 3.8) is 0 Å². The maximum absolute atomic E-state index is 12.5. The summed E-state index contributed by atoms with van der Waals surface area (Å²) in [7, 11) is 0. The molecule has 1 unspecified atom stereocenters. The lowest BCUT2D eigenvalue weighted by Gasteiger charge is -2.23. The predicted molar refractivity (Wildman–Crippen MR) is 79.8 cm³/mol. The Morgan fingerprint density at radius 3 is 2.90 bits per heavy atom. The number of amides is 1. The van der Waals surface area contributed by atoms with Gasteiger partial charge in [0.15, 0.2) is 0 Å². The van der Waals surface area contributed by atoms with Gasteiger partial charge in [-0.1, -0.05) is 27.5 Å². The van der Waals surface area contributed by atoms with Gasteiger partial charge in [0, 0.05) is 11.0 Å². The molecule has 0 spiro atoms. The molecule has 108 valence electrons. The lowest BCUT2D eigenvalue weighted by Crippen LogP contribution is -2.41. The van der Waals surface area contributed by atoms with Crippen LogP contribution in [0.5, 0.6) is 0 Å². The summed E-state index contributed by atoms with van der Waals surface area (Å²) in [6.45, 7) is 2.62. The molecule has 1 atom stereocenters. The van der Waals surface area contributed by atoms with E-state index in [9.17, 15) is 9.59 Å². The first-order valence-electron chi connectivity index (χ1n) is 6.47. The summed E-state index contributed by atoms with van der Waals surface area (Å²) in [4.78, 5) is 25.9. The number of carbonyl (C=O) groups excluding carboxylic acids is 2. The van der Waals surface area contributed by atoms with Crippen LogP contribution in [-0.4, -0.2) is 36.0 Å². The van der Waals surface area contributed by atoms with Crippen molar-refractivity contribution in [3.05, 3.63) is 33.3 Å². The minimum atomic E-state index is -0.498. The Hall–Kier alpha value is -1.07. The Bertz CT molecular complexity index is 535. The third-order valence-corrected chi connectivity index (χ3v) is 4.04. The van der Waals surface area contributed by atoms with Crippen molar-refractivity contribution in [2.24, 2.45) is 0 Å². The highest BCUT2D eigenvalue weighted by molar-refractivity contribution is 9.10. The molecule has 4 nitrogen and oxygen atoms in total. The number of benzene rings is 1. The standard InChI is InChI=1S/C14H15BrClNO3/c1-2-20-14(19)12-4-3-7-17(12)13(18)10-6-5-9(15)8-11(10)16/h5-6,8,12H,2-4,7H2,1H3. The second-order valence-corrected chi connectivity index (χ2v) is 5.86. The quantitative estimate of drug-likeness (QED) is 0.777. The molecule has 1 aliphatic heterocycles. The molecular formula is C14H15BrClNO3. The molecule has 0 radical (unpaired) electrons. The van der Waals surface area contributed by atoms with Crippen LogP contribution in [0, 0.1) is 0 Å². The molecule has 1 heterocycles. The van der Waals surface area contributed by atoms with Crippen LogP contribution < -0.4 is 0 Å². The van der Waals surface area contributed by atoms with Gasteiger partial charge >= 0.3 is 5.97 Å². The molecule has 0 N–H and O–H groups in total. The molecule has 1 saturated heterocycles. The first-order chi connectivity index (χ1) is 9.54. The van der Waals surface area contributed by atoms with Crippen molar-refractivity contribution in [2.75, 3.05) is 13.2 Å². The maximum atomic E-state index is 12.5. The van der Waals surface area contributed by atoms with Gasteiger partial charge in [-0.05, 0) is 38.0 Å². The van der Waals surface area contributed by atoms with Crippen molar-refractivity contribution < 1.29 is 14.3 Å². The van der Waals surface area contributed by atoms with Gasteiger partial charge in [-0.3, -0.25) is 4.79 Å². The number of likely N-dealkylation sites (tertiary alicyclic amines) is 1. The summed E-state index contributed by atoms with van der Waals surface area (Å²) in [5.74, 6) is -0.565. The molecule has 1 aromatic carbocycles. The number of ether oxygens (including phenoxy) is 1. The molecule has 0 saturated carbocycles. The van der Waals surface area contributed by atoms with E-state index in [1.165, 1.54) is 0 Å². The monoisotopic (exact) mass is 359 g/mol. The first kappa shape index (κ1) is 15.3. The Labute approximate surface area is 131 Å². The third kappa shape index (κ3) is 3.15. The fraction of sp³-hybridized carbons (Fsp3) is 0.429.